The molecule has 0 bridgehead atoms. The molecule has 31 heavy (non-hydrogen) atoms. The molecule has 2 aromatic rings. The highest BCUT2D eigenvalue weighted by molar-refractivity contribution is 9.11. The maximum Gasteiger partial charge on any atom is 0.261 e. The van der Waals surface area contributed by atoms with Crippen molar-refractivity contribution in [3.8, 4) is 0 Å². The summed E-state index contributed by atoms with van der Waals surface area (Å²) in [7, 11) is 0. The van der Waals surface area contributed by atoms with Crippen molar-refractivity contribution in [2.24, 2.45) is 5.73 Å². The molecule has 1 aliphatic rings. The lowest BCUT2D eigenvalue weighted by molar-refractivity contribution is -0.123. The minimum Gasteiger partial charge on any atom is -0.368 e. The SMILES string of the molecule is Cc1cc(N2CC(NC(=O)c3ccc(Br)s3)CC2=O)ccc1C(=O)NC(C)(C)C(N)=O. The summed E-state index contributed by atoms with van der Waals surface area (Å²) in [6.45, 7) is 5.16. The van der Waals surface area contributed by atoms with Crippen LogP contribution in [0, 0.1) is 6.92 Å². The zero-order chi connectivity index (χ0) is 22.9. The summed E-state index contributed by atoms with van der Waals surface area (Å²) in [5, 5.41) is 5.51. The van der Waals surface area contributed by atoms with Gasteiger partial charge in [-0.05, 0) is 72.6 Å². The first-order valence-electron chi connectivity index (χ1n) is 9.57. The molecular formula is C21H23BrN4O4S. The quantitative estimate of drug-likeness (QED) is 0.556. The molecule has 0 saturated carbocycles. The van der Waals surface area contributed by atoms with E-state index in [-0.39, 0.29) is 24.3 Å². The van der Waals surface area contributed by atoms with E-state index in [1.165, 1.54) is 25.2 Å². The molecule has 1 saturated heterocycles. The second kappa shape index (κ2) is 8.80. The Bertz CT molecular complexity index is 1070. The van der Waals surface area contributed by atoms with Crippen LogP contribution in [0.4, 0.5) is 5.69 Å². The molecule has 1 aromatic heterocycles. The van der Waals surface area contributed by atoms with Gasteiger partial charge >= 0.3 is 0 Å². The largest absolute Gasteiger partial charge is 0.368 e. The monoisotopic (exact) mass is 506 g/mol. The van der Waals surface area contributed by atoms with Gasteiger partial charge in [0, 0.05) is 24.2 Å². The first-order chi connectivity index (χ1) is 14.5. The highest BCUT2D eigenvalue weighted by Gasteiger charge is 2.33. The zero-order valence-corrected chi connectivity index (χ0v) is 19.7. The molecule has 4 N–H and O–H groups in total. The van der Waals surface area contributed by atoms with E-state index in [1.807, 2.05) is 0 Å². The van der Waals surface area contributed by atoms with Crippen LogP contribution in [0.25, 0.3) is 0 Å². The van der Waals surface area contributed by atoms with Crippen molar-refractivity contribution in [2.75, 3.05) is 11.4 Å². The lowest BCUT2D eigenvalue weighted by Gasteiger charge is -2.23. The Hall–Kier alpha value is -2.72. The third-order valence-electron chi connectivity index (χ3n) is 5.07. The van der Waals surface area contributed by atoms with Crippen molar-refractivity contribution >= 4 is 56.6 Å². The lowest BCUT2D eigenvalue weighted by Crippen LogP contribution is -2.53. The summed E-state index contributed by atoms with van der Waals surface area (Å²) in [6.07, 6.45) is 0.201. The average Bonchev–Trinajstić information content (AvgIpc) is 3.26. The van der Waals surface area contributed by atoms with Crippen LogP contribution in [-0.4, -0.2) is 41.8 Å². The van der Waals surface area contributed by atoms with Crippen LogP contribution >= 0.6 is 27.3 Å². The van der Waals surface area contributed by atoms with E-state index in [0.717, 1.165) is 3.79 Å². The average molecular weight is 507 g/mol. The first-order valence-corrected chi connectivity index (χ1v) is 11.2. The summed E-state index contributed by atoms with van der Waals surface area (Å²) >= 11 is 4.66. The van der Waals surface area contributed by atoms with Gasteiger partial charge in [-0.1, -0.05) is 0 Å². The predicted octanol–water partition coefficient (Wildman–Crippen LogP) is 2.35. The molecule has 4 amide bonds. The molecule has 1 unspecified atom stereocenters. The standard InChI is InChI=1S/C21H23BrN4O4S/c1-11-8-13(4-5-14(11)18(28)25-21(2,3)20(23)30)26-10-12(9-17(26)27)24-19(29)15-6-7-16(22)31-15/h4-8,12H,9-10H2,1-3H3,(H2,23,30)(H,24,29)(H,25,28). The van der Waals surface area contributed by atoms with Crippen LogP contribution in [0.2, 0.25) is 0 Å². The van der Waals surface area contributed by atoms with Crippen LogP contribution in [-0.2, 0) is 9.59 Å². The Labute approximate surface area is 192 Å². The number of halogens is 1. The Morgan fingerprint density at radius 3 is 2.48 bits per heavy atom. The van der Waals surface area contributed by atoms with Gasteiger partial charge in [0.25, 0.3) is 11.8 Å². The number of primary amides is 1. The van der Waals surface area contributed by atoms with Crippen LogP contribution in [0.3, 0.4) is 0 Å². The number of rotatable bonds is 6. The van der Waals surface area contributed by atoms with E-state index >= 15 is 0 Å². The molecule has 0 radical (unpaired) electrons. The fourth-order valence-electron chi connectivity index (χ4n) is 3.23. The normalized spacial score (nSPS) is 16.3. The minimum absolute atomic E-state index is 0.107. The Morgan fingerprint density at radius 1 is 1.19 bits per heavy atom. The van der Waals surface area contributed by atoms with E-state index in [9.17, 15) is 19.2 Å². The topological polar surface area (TPSA) is 122 Å². The maximum absolute atomic E-state index is 12.5. The molecule has 8 nitrogen and oxygen atoms in total. The molecule has 3 rings (SSSR count). The van der Waals surface area contributed by atoms with Gasteiger partial charge in [0.15, 0.2) is 0 Å². The molecule has 1 aromatic carbocycles. The van der Waals surface area contributed by atoms with Crippen molar-refractivity contribution in [3.05, 3.63) is 50.1 Å². The fourth-order valence-corrected chi connectivity index (χ4v) is 4.52. The van der Waals surface area contributed by atoms with Gasteiger partial charge < -0.3 is 21.3 Å². The highest BCUT2D eigenvalue weighted by Crippen LogP contribution is 2.26. The second-order valence-electron chi connectivity index (χ2n) is 7.93. The number of aryl methyl sites for hydroxylation is 1. The van der Waals surface area contributed by atoms with E-state index in [1.54, 1.807) is 42.2 Å². The predicted molar refractivity (Wildman–Crippen MR) is 122 cm³/mol. The fraction of sp³-hybridized carbons (Fsp3) is 0.333. The van der Waals surface area contributed by atoms with Crippen molar-refractivity contribution in [1.29, 1.82) is 0 Å². The van der Waals surface area contributed by atoms with Gasteiger partial charge in [0.2, 0.25) is 11.8 Å². The molecule has 0 aliphatic carbocycles. The molecule has 164 valence electrons. The number of benzene rings is 1. The number of amides is 4. The van der Waals surface area contributed by atoms with E-state index < -0.39 is 17.4 Å². The lowest BCUT2D eigenvalue weighted by atomic mass is 10.0. The van der Waals surface area contributed by atoms with Crippen molar-refractivity contribution in [1.82, 2.24) is 10.6 Å². The smallest absolute Gasteiger partial charge is 0.261 e. The number of hydrogen-bond acceptors (Lipinski definition) is 5. The van der Waals surface area contributed by atoms with Crippen LogP contribution in [0.1, 0.15) is 45.9 Å². The van der Waals surface area contributed by atoms with Crippen molar-refractivity contribution < 1.29 is 19.2 Å². The van der Waals surface area contributed by atoms with Gasteiger partial charge in [0.05, 0.1) is 14.7 Å². The summed E-state index contributed by atoms with van der Waals surface area (Å²) < 4.78 is 0.862. The summed E-state index contributed by atoms with van der Waals surface area (Å²) in [4.78, 5) is 51.1. The molecular weight excluding hydrogens is 484 g/mol. The maximum atomic E-state index is 12.5. The number of nitrogens with zero attached hydrogens (tertiary/aromatic N) is 1. The van der Waals surface area contributed by atoms with Gasteiger partial charge in [-0.3, -0.25) is 19.2 Å². The Balaban J connectivity index is 1.69. The van der Waals surface area contributed by atoms with Gasteiger partial charge in [-0.25, -0.2) is 0 Å². The number of thiophene rings is 1. The summed E-state index contributed by atoms with van der Waals surface area (Å²) in [5.41, 5.74) is 5.81. The number of anilines is 1. The molecule has 0 spiro atoms. The van der Waals surface area contributed by atoms with E-state index in [4.69, 9.17) is 5.73 Å². The third-order valence-corrected chi connectivity index (χ3v) is 6.69. The molecule has 1 atom stereocenters. The number of nitrogens with two attached hydrogens (primary N) is 1. The summed E-state index contributed by atoms with van der Waals surface area (Å²) in [6, 6.07) is 8.25. The van der Waals surface area contributed by atoms with Crippen LogP contribution in [0.5, 0.6) is 0 Å². The van der Waals surface area contributed by atoms with Crippen LogP contribution < -0.4 is 21.3 Å². The van der Waals surface area contributed by atoms with Crippen LogP contribution in [0.15, 0.2) is 34.1 Å². The highest BCUT2D eigenvalue weighted by atomic mass is 79.9. The van der Waals surface area contributed by atoms with Gasteiger partial charge in [-0.15, -0.1) is 11.3 Å². The Kier molecular flexibility index (Phi) is 6.51. The molecule has 10 heteroatoms. The van der Waals surface area contributed by atoms with Crippen molar-refractivity contribution in [3.63, 3.8) is 0 Å². The minimum atomic E-state index is -1.18. The Morgan fingerprint density at radius 2 is 1.90 bits per heavy atom. The van der Waals surface area contributed by atoms with E-state index in [2.05, 4.69) is 26.6 Å². The number of hydrogen-bond donors (Lipinski definition) is 3. The number of carbonyl (C=O) groups excluding carboxylic acids is 4. The van der Waals surface area contributed by atoms with Gasteiger partial charge in [0.1, 0.15) is 5.54 Å². The zero-order valence-electron chi connectivity index (χ0n) is 17.3. The number of carbonyl (C=O) groups is 4. The van der Waals surface area contributed by atoms with Crippen molar-refractivity contribution in [2.45, 2.75) is 38.8 Å². The molecule has 2 heterocycles. The second-order valence-corrected chi connectivity index (χ2v) is 10.4. The van der Waals surface area contributed by atoms with Gasteiger partial charge in [-0.2, -0.15) is 0 Å². The third kappa shape index (κ3) is 5.13. The molecule has 1 aliphatic heterocycles. The first kappa shape index (κ1) is 23.0. The number of nitrogens with one attached hydrogen (secondary N) is 2. The summed E-state index contributed by atoms with van der Waals surface area (Å²) in [5.74, 6) is -1.38. The van der Waals surface area contributed by atoms with E-state index in [0.29, 0.717) is 28.2 Å². The molecule has 1 fully saturated rings.